The zero-order valence-electron chi connectivity index (χ0n) is 29.7. The first-order valence-electron chi connectivity index (χ1n) is 15.5. The number of hydroxylamine groups is 2. The lowest BCUT2D eigenvalue weighted by atomic mass is 10.4. The van der Waals surface area contributed by atoms with Gasteiger partial charge in [0.2, 0.25) is 23.6 Å². The predicted octanol–water partition coefficient (Wildman–Crippen LogP) is -1.67. The first kappa shape index (κ1) is 50.7. The molecule has 296 valence electrons. The van der Waals surface area contributed by atoms with Gasteiger partial charge >= 0.3 is 5.97 Å². The van der Waals surface area contributed by atoms with Gasteiger partial charge in [0.15, 0.2) is 5.12 Å². The highest BCUT2D eigenvalue weighted by atomic mass is 32.2. The number of thiol groups is 1. The number of hydrogen-bond acceptors (Lipinski definition) is 18. The average Bonchev–Trinajstić information content (AvgIpc) is 3.69. The second kappa shape index (κ2) is 28.1. The minimum atomic E-state index is -0.779. The Morgan fingerprint density at radius 3 is 1.64 bits per heavy atom. The Kier molecular flexibility index (Phi) is 26.9. The Labute approximate surface area is 319 Å². The first-order chi connectivity index (χ1) is 24.9. The van der Waals surface area contributed by atoms with Crippen LogP contribution in [0.25, 0.3) is 0 Å². The largest absolute Gasteiger partial charge is 0.355 e. The molecule has 5 N–H and O–H groups in total. The number of nitrogens with two attached hydrogens (primary N) is 1. The van der Waals surface area contributed by atoms with Crippen LogP contribution in [0.15, 0.2) is 12.2 Å². The number of carbonyl (C=O) groups excluding carboxylic acids is 12. The number of imide groups is 3. The normalized spacial score (nSPS) is 15.5. The second-order valence-electron chi connectivity index (χ2n) is 10.2. The number of nitrogens with one attached hydrogen (secondary N) is 2. The molecular weight excluding hydrogens is 765 g/mol. The number of likely N-dealkylation sites (tertiary alicyclic amines) is 1. The van der Waals surface area contributed by atoms with E-state index in [0.29, 0.717) is 23.9 Å². The van der Waals surface area contributed by atoms with Crippen molar-refractivity contribution in [3.63, 3.8) is 0 Å². The molecule has 3 rings (SSSR count). The lowest BCUT2D eigenvalue weighted by molar-refractivity contribution is -0.195. The molecule has 1 atom stereocenters. The van der Waals surface area contributed by atoms with Crippen molar-refractivity contribution in [3.8, 4) is 0 Å². The molecule has 3 aliphatic heterocycles. The van der Waals surface area contributed by atoms with Crippen LogP contribution in [0.3, 0.4) is 0 Å². The molecular formula is C30H44N6O14S3. The number of amides is 8. The monoisotopic (exact) mass is 808 g/mol. The van der Waals surface area contributed by atoms with E-state index in [-0.39, 0.29) is 84.2 Å². The lowest BCUT2D eigenvalue weighted by Crippen LogP contribution is -2.41. The maximum absolute atomic E-state index is 11.9. The van der Waals surface area contributed by atoms with Crippen molar-refractivity contribution in [2.75, 3.05) is 43.4 Å². The number of Topliss-reactive ketones (excluding diaryl/α,β-unsaturated/α-hetero) is 2. The van der Waals surface area contributed by atoms with Crippen LogP contribution in [-0.2, 0) is 62.4 Å². The molecule has 0 aliphatic carbocycles. The number of nitrogens with zero attached hydrogens (tertiary/aromatic N) is 3. The highest BCUT2D eigenvalue weighted by Gasteiger charge is 2.39. The SMILES string of the molecule is CC(=O)CS.CC(=O)SCC(=O)ON1C(=O)CCC1=O.CCNC(=O)CN1C(=O)C=CC1=O.CCNC(=O)CN1C(=O)CC(SCC(C)=O)C1=O.NO. The highest BCUT2D eigenvalue weighted by Crippen LogP contribution is 2.25. The summed E-state index contributed by atoms with van der Waals surface area (Å²) in [7, 11) is 0. The van der Waals surface area contributed by atoms with Crippen molar-refractivity contribution in [1.82, 2.24) is 25.5 Å². The summed E-state index contributed by atoms with van der Waals surface area (Å²) < 4.78 is 0. The van der Waals surface area contributed by atoms with Crippen LogP contribution in [-0.4, -0.2) is 139 Å². The Morgan fingerprint density at radius 2 is 1.25 bits per heavy atom. The molecule has 0 radical (unpaired) electrons. The van der Waals surface area contributed by atoms with Gasteiger partial charge in [-0.25, -0.2) is 10.7 Å². The highest BCUT2D eigenvalue weighted by molar-refractivity contribution is 8.14. The van der Waals surface area contributed by atoms with E-state index < -0.39 is 34.8 Å². The number of ketones is 2. The van der Waals surface area contributed by atoms with Gasteiger partial charge in [-0.15, -0.1) is 16.8 Å². The van der Waals surface area contributed by atoms with E-state index in [4.69, 9.17) is 5.21 Å². The van der Waals surface area contributed by atoms with Gasteiger partial charge in [-0.3, -0.25) is 62.5 Å². The molecule has 8 amide bonds. The van der Waals surface area contributed by atoms with E-state index >= 15 is 0 Å². The van der Waals surface area contributed by atoms with Crippen LogP contribution in [0.2, 0.25) is 0 Å². The van der Waals surface area contributed by atoms with Crippen LogP contribution >= 0.6 is 36.2 Å². The first-order valence-corrected chi connectivity index (χ1v) is 18.1. The maximum Gasteiger partial charge on any atom is 0.343 e. The summed E-state index contributed by atoms with van der Waals surface area (Å²) in [6.45, 7) is 8.29. The summed E-state index contributed by atoms with van der Waals surface area (Å²) in [6.07, 6.45) is 2.50. The summed E-state index contributed by atoms with van der Waals surface area (Å²) in [5.41, 5.74) is 0. The smallest absolute Gasteiger partial charge is 0.343 e. The molecule has 0 aromatic rings. The Bertz CT molecular complexity index is 1390. The van der Waals surface area contributed by atoms with Gasteiger partial charge in [-0.05, 0) is 27.7 Å². The third-order valence-corrected chi connectivity index (χ3v) is 8.33. The summed E-state index contributed by atoms with van der Waals surface area (Å²) in [5.74, 6) is -0.163. The van der Waals surface area contributed by atoms with Crippen molar-refractivity contribution in [1.29, 1.82) is 0 Å². The minimum absolute atomic E-state index is 0.0394. The van der Waals surface area contributed by atoms with E-state index in [9.17, 15) is 57.5 Å². The summed E-state index contributed by atoms with van der Waals surface area (Å²) in [4.78, 5) is 138. The van der Waals surface area contributed by atoms with E-state index in [1.165, 1.54) is 20.8 Å². The summed E-state index contributed by atoms with van der Waals surface area (Å²) >= 11 is 5.58. The van der Waals surface area contributed by atoms with Gasteiger partial charge in [0.25, 0.3) is 23.6 Å². The van der Waals surface area contributed by atoms with Gasteiger partial charge in [0.1, 0.15) is 30.4 Å². The zero-order valence-corrected chi connectivity index (χ0v) is 32.3. The van der Waals surface area contributed by atoms with Crippen molar-refractivity contribution in [3.05, 3.63) is 12.2 Å². The van der Waals surface area contributed by atoms with Crippen molar-refractivity contribution in [2.45, 2.75) is 59.1 Å². The Morgan fingerprint density at radius 1 is 0.792 bits per heavy atom. The molecule has 0 saturated carbocycles. The van der Waals surface area contributed by atoms with Gasteiger partial charge in [-0.1, -0.05) is 11.8 Å². The number of thioether (sulfide) groups is 2. The van der Waals surface area contributed by atoms with Crippen molar-refractivity contribution < 1.29 is 67.6 Å². The van der Waals surface area contributed by atoms with Crippen LogP contribution in [0.5, 0.6) is 0 Å². The lowest BCUT2D eigenvalue weighted by Gasteiger charge is -2.13. The number of carbonyl (C=O) groups is 12. The predicted molar refractivity (Wildman–Crippen MR) is 192 cm³/mol. The fourth-order valence-corrected chi connectivity index (χ4v) is 4.83. The molecule has 20 nitrogen and oxygen atoms in total. The molecule has 1 unspecified atom stereocenters. The van der Waals surface area contributed by atoms with Crippen LogP contribution in [0.4, 0.5) is 0 Å². The zero-order chi connectivity index (χ0) is 41.3. The van der Waals surface area contributed by atoms with E-state index in [0.717, 1.165) is 45.5 Å². The summed E-state index contributed by atoms with van der Waals surface area (Å²) in [6, 6.07) is 0. The molecule has 0 spiro atoms. The molecule has 23 heteroatoms. The van der Waals surface area contributed by atoms with Crippen LogP contribution in [0, 0.1) is 0 Å². The van der Waals surface area contributed by atoms with Gasteiger partial charge < -0.3 is 20.7 Å². The summed E-state index contributed by atoms with van der Waals surface area (Å²) in [5, 5.41) is 11.2. The van der Waals surface area contributed by atoms with Gasteiger partial charge in [0.05, 0.1) is 11.0 Å². The van der Waals surface area contributed by atoms with E-state index in [2.05, 4.69) is 34.0 Å². The molecule has 0 aromatic carbocycles. The minimum Gasteiger partial charge on any atom is -0.355 e. The van der Waals surface area contributed by atoms with Gasteiger partial charge in [-0.2, -0.15) is 12.6 Å². The molecule has 3 aliphatic rings. The van der Waals surface area contributed by atoms with Crippen LogP contribution < -0.4 is 16.5 Å². The Balaban J connectivity index is 0. The third-order valence-electron chi connectivity index (χ3n) is 5.76. The molecule has 53 heavy (non-hydrogen) atoms. The third kappa shape index (κ3) is 21.6. The molecule has 0 bridgehead atoms. The van der Waals surface area contributed by atoms with E-state index in [1.54, 1.807) is 13.8 Å². The van der Waals surface area contributed by atoms with Crippen molar-refractivity contribution >= 4 is 106 Å². The molecule has 0 aromatic heterocycles. The second-order valence-corrected chi connectivity index (χ2v) is 12.9. The average molecular weight is 809 g/mol. The van der Waals surface area contributed by atoms with Crippen LogP contribution in [0.1, 0.15) is 53.9 Å². The fourth-order valence-electron chi connectivity index (χ4n) is 3.49. The molecule has 2 saturated heterocycles. The maximum atomic E-state index is 11.9. The fraction of sp³-hybridized carbons (Fsp3) is 0.533. The number of likely N-dealkylation sites (N-methyl/N-ethyl adjacent to an activating group) is 2. The number of hydrogen-bond donors (Lipinski definition) is 5. The van der Waals surface area contributed by atoms with E-state index in [1.807, 2.05) is 0 Å². The quantitative estimate of drug-likeness (QED) is 0.0790. The standard InChI is InChI=1S/C11H16N2O4S.C8H10N2O3.C8H9NO5S.C3H6OS.H3NO/c1-3-12-9(15)5-13-10(16)4-8(11(13)17)18-6-7(2)14;1-2-9-6(11)5-10-7(12)3-4-8(10)13;1-5(10)15-4-8(13)14-9-6(11)2-3-7(9)12;1-3(4)2-5;1-2/h8H,3-6H2,1-2H3,(H,12,15);3-4H,2,5H2,1H3,(H,9,11);2-4H2,1H3;5H,2H2,1H3;2H,1H2. The molecule has 3 heterocycles. The van der Waals surface area contributed by atoms with Gasteiger partial charge in [0, 0.05) is 57.2 Å². The molecule has 2 fully saturated rings. The topological polar surface area (TPSA) is 294 Å². The van der Waals surface area contributed by atoms with Crippen molar-refractivity contribution in [2.24, 2.45) is 5.90 Å². The number of rotatable bonds is 13. The Hall–Kier alpha value is -4.45.